The summed E-state index contributed by atoms with van der Waals surface area (Å²) in [4.78, 5) is 53.5. The van der Waals surface area contributed by atoms with Crippen molar-refractivity contribution >= 4 is 46.8 Å². The Morgan fingerprint density at radius 2 is 1.95 bits per heavy atom. The van der Waals surface area contributed by atoms with Crippen LogP contribution in [-0.4, -0.2) is 67.2 Å². The van der Waals surface area contributed by atoms with Crippen molar-refractivity contribution in [1.82, 2.24) is 20.2 Å². The number of carbonyl (C=O) groups is 3. The van der Waals surface area contributed by atoms with Gasteiger partial charge in [-0.3, -0.25) is 14.5 Å². The van der Waals surface area contributed by atoms with E-state index in [4.69, 9.17) is 11.3 Å². The molecule has 0 radical (unpaired) electrons. The number of hydrogen-bond acceptors (Lipinski definition) is 9. The number of para-hydroxylation sites is 1. The van der Waals surface area contributed by atoms with Crippen LogP contribution >= 0.6 is 11.8 Å². The van der Waals surface area contributed by atoms with Crippen molar-refractivity contribution in [3.8, 4) is 12.3 Å². The van der Waals surface area contributed by atoms with Gasteiger partial charge in [-0.05, 0) is 18.2 Å². The second kappa shape index (κ2) is 12.3. The van der Waals surface area contributed by atoms with E-state index in [0.717, 1.165) is 5.69 Å². The van der Waals surface area contributed by atoms with Crippen molar-refractivity contribution in [3.05, 3.63) is 90.3 Å². The molecule has 2 amide bonds. The number of rotatable bonds is 10. The number of thioether (sulfide) groups is 1. The number of carboxylic acid groups (broad SMARTS) is 1. The molecule has 0 aliphatic carbocycles. The van der Waals surface area contributed by atoms with Gasteiger partial charge in [0.25, 0.3) is 11.8 Å². The third-order valence-corrected chi connectivity index (χ3v) is 7.46. The number of terminal acetylenes is 1. The summed E-state index contributed by atoms with van der Waals surface area (Å²) in [5, 5.41) is 19.0. The van der Waals surface area contributed by atoms with Crippen LogP contribution in [0, 0.1) is 12.3 Å². The first-order chi connectivity index (χ1) is 20.0. The highest BCUT2D eigenvalue weighted by Crippen LogP contribution is 2.40. The molecule has 0 bridgehead atoms. The number of oxime groups is 1. The summed E-state index contributed by atoms with van der Waals surface area (Å²) < 4.78 is 1.84. The van der Waals surface area contributed by atoms with E-state index in [-0.39, 0.29) is 23.8 Å². The number of nitrogens with one attached hydrogen (secondary N) is 2. The normalized spacial score (nSPS) is 18.1. The molecule has 1 saturated heterocycles. The van der Waals surface area contributed by atoms with Gasteiger partial charge in [0.05, 0.1) is 0 Å². The van der Waals surface area contributed by atoms with Gasteiger partial charge in [-0.1, -0.05) is 35.3 Å². The predicted octanol–water partition coefficient (Wildman–Crippen LogP) is 1.30. The Balaban J connectivity index is 1.35. The lowest BCUT2D eigenvalue weighted by molar-refractivity contribution is -0.689. The number of aromatic nitrogens is 3. The Kier molecular flexibility index (Phi) is 8.21. The van der Waals surface area contributed by atoms with Gasteiger partial charge in [0.1, 0.15) is 22.9 Å². The lowest BCUT2D eigenvalue weighted by Crippen LogP contribution is -2.71. The lowest BCUT2D eigenvalue weighted by Gasteiger charge is -2.49. The highest BCUT2D eigenvalue weighted by Gasteiger charge is 2.54. The van der Waals surface area contributed by atoms with Crippen LogP contribution in [0.15, 0.2) is 89.6 Å². The van der Waals surface area contributed by atoms with Crippen LogP contribution in [0.5, 0.6) is 0 Å². The summed E-state index contributed by atoms with van der Waals surface area (Å²) in [7, 11) is 0. The highest BCUT2D eigenvalue weighted by atomic mass is 32.2. The number of fused-ring (bicyclic) bond motifs is 1. The molecule has 2 aliphatic rings. The third-order valence-electron chi connectivity index (χ3n) is 6.12. The average molecular weight is 571 g/mol. The molecule has 1 unspecified atom stereocenters. The van der Waals surface area contributed by atoms with Crippen molar-refractivity contribution in [2.45, 2.75) is 18.0 Å². The molecule has 3 aromatic rings. The first kappa shape index (κ1) is 27.4. The molecular weight excluding hydrogens is 546 g/mol. The first-order valence-electron chi connectivity index (χ1n) is 12.4. The van der Waals surface area contributed by atoms with Gasteiger partial charge in [-0.25, -0.2) is 19.3 Å². The van der Waals surface area contributed by atoms with Gasteiger partial charge in [-0.2, -0.15) is 0 Å². The zero-order valence-corrected chi connectivity index (χ0v) is 22.3. The topological polar surface area (TPSA) is 150 Å². The summed E-state index contributed by atoms with van der Waals surface area (Å²) in [6.07, 6.45) is 10.3. The fourth-order valence-corrected chi connectivity index (χ4v) is 5.64. The standard InChI is InChI=1S/C28H23N7O5S/c1-2-15-40-33-21(24-29-12-11-20(31-24)30-19-9-5-3-6-10-19)25(36)32-22-26(37)35-23(28(38)39)18(17-41-27(22)35)16-34-13-7-4-8-14-34/h1,3-14,22,27H,15-17H2,(H2-,29,30,31,32,36,38,39)/p+1/t22?,27-/m0/s1. The molecule has 0 spiro atoms. The Morgan fingerprint density at radius 3 is 2.68 bits per heavy atom. The molecule has 3 N–H and O–H groups in total. The molecule has 2 atom stereocenters. The van der Waals surface area contributed by atoms with Crippen LogP contribution in [0.4, 0.5) is 11.5 Å². The molecule has 41 heavy (non-hydrogen) atoms. The summed E-state index contributed by atoms with van der Waals surface area (Å²) in [5.74, 6) is 0.434. The fourth-order valence-electron chi connectivity index (χ4n) is 4.30. The SMILES string of the molecule is C#CCON=C(C(=O)NC1C(=O)N2C(C(=O)O)=C(C[n+]3ccccc3)CS[C@@H]12)c1nccc(Nc2ccccc2)n1. The predicted molar refractivity (Wildman–Crippen MR) is 149 cm³/mol. The zero-order valence-electron chi connectivity index (χ0n) is 21.5. The van der Waals surface area contributed by atoms with Crippen LogP contribution in [-0.2, 0) is 25.8 Å². The quantitative estimate of drug-likeness (QED) is 0.0819. The maximum atomic E-state index is 13.4. The van der Waals surface area contributed by atoms with Crippen LogP contribution in [0.2, 0.25) is 0 Å². The number of nitrogens with zero attached hydrogens (tertiary/aromatic N) is 5. The summed E-state index contributed by atoms with van der Waals surface area (Å²) >= 11 is 1.36. The first-order valence-corrected chi connectivity index (χ1v) is 13.4. The largest absolute Gasteiger partial charge is 0.477 e. The van der Waals surface area contributed by atoms with Crippen LogP contribution in [0.25, 0.3) is 0 Å². The number of amides is 2. The minimum absolute atomic E-state index is 0.0614. The number of benzene rings is 1. The number of carbonyl (C=O) groups excluding carboxylic acids is 2. The number of carboxylic acids is 1. The minimum atomic E-state index is -1.21. The third kappa shape index (κ3) is 6.02. The highest BCUT2D eigenvalue weighted by molar-refractivity contribution is 8.00. The van der Waals surface area contributed by atoms with Gasteiger partial charge >= 0.3 is 5.97 Å². The summed E-state index contributed by atoms with van der Waals surface area (Å²) in [6, 6.07) is 15.4. The van der Waals surface area contributed by atoms with E-state index in [1.807, 2.05) is 65.5 Å². The summed E-state index contributed by atoms with van der Waals surface area (Å²) in [5.41, 5.74) is 0.994. The van der Waals surface area contributed by atoms with E-state index in [9.17, 15) is 19.5 Å². The fraction of sp³-hybridized carbons (Fsp3) is 0.179. The molecule has 2 aromatic heterocycles. The molecule has 0 saturated carbocycles. The van der Waals surface area contributed by atoms with E-state index >= 15 is 0 Å². The number of β-lactam (4-membered cyclic amide) rings is 1. The Labute approximate surface area is 239 Å². The van der Waals surface area contributed by atoms with E-state index < -0.39 is 29.2 Å². The molecule has 1 fully saturated rings. The van der Waals surface area contributed by atoms with Crippen molar-refractivity contribution in [2.75, 3.05) is 17.7 Å². The minimum Gasteiger partial charge on any atom is -0.477 e. The molecule has 206 valence electrons. The smallest absolute Gasteiger partial charge is 0.352 e. The number of anilines is 2. The monoisotopic (exact) mass is 570 g/mol. The van der Waals surface area contributed by atoms with Gasteiger partial charge in [0, 0.05) is 35.3 Å². The maximum absolute atomic E-state index is 13.4. The molecular formula is C28H24N7O5S+. The molecule has 5 rings (SSSR count). The second-order valence-electron chi connectivity index (χ2n) is 8.84. The van der Waals surface area contributed by atoms with Gasteiger partial charge in [-0.15, -0.1) is 18.2 Å². The van der Waals surface area contributed by atoms with Crippen LogP contribution in [0.3, 0.4) is 0 Å². The van der Waals surface area contributed by atoms with E-state index in [1.165, 1.54) is 22.9 Å². The number of pyridine rings is 1. The van der Waals surface area contributed by atoms with Gasteiger partial charge in [0.2, 0.25) is 5.71 Å². The number of hydrogen-bond donors (Lipinski definition) is 3. The van der Waals surface area contributed by atoms with E-state index in [0.29, 0.717) is 23.7 Å². The molecule has 13 heteroatoms. The second-order valence-corrected chi connectivity index (χ2v) is 9.95. The van der Waals surface area contributed by atoms with Crippen molar-refractivity contribution in [2.24, 2.45) is 5.16 Å². The van der Waals surface area contributed by atoms with E-state index in [1.54, 1.807) is 6.07 Å². The van der Waals surface area contributed by atoms with E-state index in [2.05, 4.69) is 31.7 Å². The Hall–Kier alpha value is -5.22. The lowest BCUT2D eigenvalue weighted by atomic mass is 10.0. The Morgan fingerprint density at radius 1 is 1.20 bits per heavy atom. The van der Waals surface area contributed by atoms with Crippen molar-refractivity contribution < 1.29 is 28.9 Å². The van der Waals surface area contributed by atoms with Gasteiger partial charge in [0.15, 0.2) is 31.4 Å². The van der Waals surface area contributed by atoms with Crippen molar-refractivity contribution in [3.63, 3.8) is 0 Å². The summed E-state index contributed by atoms with van der Waals surface area (Å²) in [6.45, 7) is 0.110. The molecule has 12 nitrogen and oxygen atoms in total. The average Bonchev–Trinajstić information content (AvgIpc) is 2.99. The molecule has 1 aromatic carbocycles. The van der Waals surface area contributed by atoms with Crippen molar-refractivity contribution in [1.29, 1.82) is 0 Å². The molecule has 4 heterocycles. The van der Waals surface area contributed by atoms with Crippen LogP contribution < -0.4 is 15.2 Å². The van der Waals surface area contributed by atoms with Crippen LogP contribution in [0.1, 0.15) is 5.82 Å². The maximum Gasteiger partial charge on any atom is 0.352 e. The number of aliphatic carboxylic acids is 1. The van der Waals surface area contributed by atoms with Gasteiger partial charge < -0.3 is 20.6 Å². The zero-order chi connectivity index (χ0) is 28.8. The Bertz CT molecular complexity index is 1570. The molecule has 2 aliphatic heterocycles.